The highest BCUT2D eigenvalue weighted by atomic mass is 35.5. The van der Waals surface area contributed by atoms with Gasteiger partial charge in [0, 0.05) is 61.5 Å². The molecule has 6 nitrogen and oxygen atoms in total. The van der Waals surface area contributed by atoms with Crippen molar-refractivity contribution in [3.05, 3.63) is 28.7 Å². The number of hydrogen-bond donors (Lipinski definition) is 1. The van der Waals surface area contributed by atoms with E-state index in [9.17, 15) is 0 Å². The Kier molecular flexibility index (Phi) is 6.37. The molecule has 0 radical (unpaired) electrons. The quantitative estimate of drug-likeness (QED) is 0.894. The molecule has 0 aliphatic carbocycles. The minimum absolute atomic E-state index is 0. The van der Waals surface area contributed by atoms with Crippen molar-refractivity contribution in [1.82, 2.24) is 19.9 Å². The number of nitrogen functional groups attached to an aromatic ring is 1. The zero-order valence-corrected chi connectivity index (χ0v) is 16.0. The summed E-state index contributed by atoms with van der Waals surface area (Å²) in [4.78, 5) is 19.4. The van der Waals surface area contributed by atoms with E-state index in [0.29, 0.717) is 11.0 Å². The third-order valence-corrected chi connectivity index (χ3v) is 4.83. The summed E-state index contributed by atoms with van der Waals surface area (Å²) in [6.45, 7) is 11.3. The van der Waals surface area contributed by atoms with Gasteiger partial charge in [0.25, 0.3) is 0 Å². The van der Waals surface area contributed by atoms with E-state index in [2.05, 4.69) is 39.7 Å². The number of aromatic nitrogens is 3. The molecule has 0 unspecified atom stereocenters. The minimum atomic E-state index is 0. The fraction of sp³-hybridized carbons (Fsp3) is 0.562. The summed E-state index contributed by atoms with van der Waals surface area (Å²) < 4.78 is 0. The second-order valence-electron chi connectivity index (χ2n) is 6.31. The van der Waals surface area contributed by atoms with Crippen molar-refractivity contribution in [1.29, 1.82) is 0 Å². The number of halogens is 1. The largest absolute Gasteiger partial charge is 0.375 e. The third-order valence-electron chi connectivity index (χ3n) is 4.02. The highest BCUT2D eigenvalue weighted by Gasteiger charge is 2.20. The SMILES string of the molecule is Cc1cc(N2CCN(Cc3cnc(N)s3)CC2)nc(C(C)C)n1.Cl. The van der Waals surface area contributed by atoms with Crippen LogP contribution in [0.4, 0.5) is 10.9 Å². The molecule has 2 aromatic rings. The van der Waals surface area contributed by atoms with Crippen LogP contribution in [0.2, 0.25) is 0 Å². The Morgan fingerprint density at radius 2 is 1.92 bits per heavy atom. The van der Waals surface area contributed by atoms with Crippen molar-refractivity contribution in [2.45, 2.75) is 33.2 Å². The molecule has 2 N–H and O–H groups in total. The van der Waals surface area contributed by atoms with Crippen LogP contribution in [0.3, 0.4) is 0 Å². The molecule has 3 rings (SSSR count). The molecular weight excluding hydrogens is 344 g/mol. The standard InChI is InChI=1S/C16H24N6S.ClH/c1-11(2)15-19-12(3)8-14(20-15)22-6-4-21(5-7-22)10-13-9-18-16(17)23-13;/h8-9,11H,4-7,10H2,1-3H3,(H2,17,18);1H. The van der Waals surface area contributed by atoms with Gasteiger partial charge in [-0.15, -0.1) is 23.7 Å². The van der Waals surface area contributed by atoms with Crippen LogP contribution >= 0.6 is 23.7 Å². The van der Waals surface area contributed by atoms with Gasteiger partial charge in [0.15, 0.2) is 5.13 Å². The number of aryl methyl sites for hydroxylation is 1. The number of nitrogens with zero attached hydrogens (tertiary/aromatic N) is 5. The van der Waals surface area contributed by atoms with Gasteiger partial charge in [-0.05, 0) is 6.92 Å². The Hall–Kier alpha value is -1.44. The van der Waals surface area contributed by atoms with Gasteiger partial charge in [-0.2, -0.15) is 0 Å². The maximum Gasteiger partial charge on any atom is 0.180 e. The highest BCUT2D eigenvalue weighted by molar-refractivity contribution is 7.15. The van der Waals surface area contributed by atoms with Gasteiger partial charge in [-0.25, -0.2) is 15.0 Å². The lowest BCUT2D eigenvalue weighted by Crippen LogP contribution is -2.46. The predicted octanol–water partition coefficient (Wildman–Crippen LogP) is 2.69. The number of anilines is 2. The smallest absolute Gasteiger partial charge is 0.180 e. The van der Waals surface area contributed by atoms with Gasteiger partial charge in [-0.3, -0.25) is 4.90 Å². The van der Waals surface area contributed by atoms with Crippen LogP contribution in [0.15, 0.2) is 12.3 Å². The first-order valence-corrected chi connectivity index (χ1v) is 8.86. The Bertz CT molecular complexity index is 666. The monoisotopic (exact) mass is 368 g/mol. The maximum absolute atomic E-state index is 5.70. The molecule has 1 saturated heterocycles. The summed E-state index contributed by atoms with van der Waals surface area (Å²) in [6.07, 6.45) is 1.88. The Labute approximate surface area is 153 Å². The van der Waals surface area contributed by atoms with Crippen molar-refractivity contribution in [3.63, 3.8) is 0 Å². The van der Waals surface area contributed by atoms with Crippen LogP contribution in [0, 0.1) is 6.92 Å². The molecule has 0 amide bonds. The van der Waals surface area contributed by atoms with E-state index < -0.39 is 0 Å². The lowest BCUT2D eigenvalue weighted by Gasteiger charge is -2.35. The molecule has 0 saturated carbocycles. The molecule has 1 fully saturated rings. The van der Waals surface area contributed by atoms with Gasteiger partial charge < -0.3 is 10.6 Å². The van der Waals surface area contributed by atoms with E-state index in [1.807, 2.05) is 13.1 Å². The summed E-state index contributed by atoms with van der Waals surface area (Å²) >= 11 is 1.58. The first kappa shape index (κ1) is 18.9. The van der Waals surface area contributed by atoms with Gasteiger partial charge in [-0.1, -0.05) is 13.8 Å². The summed E-state index contributed by atoms with van der Waals surface area (Å²) in [5.41, 5.74) is 6.74. The minimum Gasteiger partial charge on any atom is -0.375 e. The molecule has 3 heterocycles. The molecule has 24 heavy (non-hydrogen) atoms. The lowest BCUT2D eigenvalue weighted by molar-refractivity contribution is 0.251. The predicted molar refractivity (Wildman–Crippen MR) is 102 cm³/mol. The zero-order chi connectivity index (χ0) is 16.4. The van der Waals surface area contributed by atoms with Crippen LogP contribution in [-0.2, 0) is 6.54 Å². The van der Waals surface area contributed by atoms with Gasteiger partial charge >= 0.3 is 0 Å². The summed E-state index contributed by atoms with van der Waals surface area (Å²) in [5.74, 6) is 2.34. The molecule has 8 heteroatoms. The lowest BCUT2D eigenvalue weighted by atomic mass is 10.2. The fourth-order valence-electron chi connectivity index (χ4n) is 2.75. The van der Waals surface area contributed by atoms with Crippen LogP contribution in [0.25, 0.3) is 0 Å². The van der Waals surface area contributed by atoms with E-state index in [1.165, 1.54) is 4.88 Å². The van der Waals surface area contributed by atoms with Crippen LogP contribution in [-0.4, -0.2) is 46.0 Å². The molecule has 0 aromatic carbocycles. The number of rotatable bonds is 4. The van der Waals surface area contributed by atoms with Crippen molar-refractivity contribution in [2.75, 3.05) is 36.8 Å². The average Bonchev–Trinajstić information content (AvgIpc) is 2.92. The van der Waals surface area contributed by atoms with E-state index in [4.69, 9.17) is 10.7 Å². The van der Waals surface area contributed by atoms with Gasteiger partial charge in [0.2, 0.25) is 0 Å². The van der Waals surface area contributed by atoms with E-state index in [-0.39, 0.29) is 12.4 Å². The second-order valence-corrected chi connectivity index (χ2v) is 7.46. The number of thiazole rings is 1. The molecule has 1 aliphatic heterocycles. The summed E-state index contributed by atoms with van der Waals surface area (Å²) in [6, 6.07) is 2.09. The molecule has 0 spiro atoms. The van der Waals surface area contributed by atoms with Crippen LogP contribution < -0.4 is 10.6 Å². The molecule has 132 valence electrons. The van der Waals surface area contributed by atoms with Crippen molar-refractivity contribution >= 4 is 34.7 Å². The third kappa shape index (κ3) is 4.55. The first-order valence-electron chi connectivity index (χ1n) is 8.04. The normalized spacial score (nSPS) is 15.6. The van der Waals surface area contributed by atoms with Crippen molar-refractivity contribution in [2.24, 2.45) is 0 Å². The summed E-state index contributed by atoms with van der Waals surface area (Å²) in [7, 11) is 0. The Balaban J connectivity index is 0.00000208. The topological polar surface area (TPSA) is 71.2 Å². The maximum atomic E-state index is 5.70. The molecule has 1 aliphatic rings. The number of piperazine rings is 1. The van der Waals surface area contributed by atoms with E-state index >= 15 is 0 Å². The van der Waals surface area contributed by atoms with Crippen molar-refractivity contribution in [3.8, 4) is 0 Å². The first-order chi connectivity index (χ1) is 11.0. The highest BCUT2D eigenvalue weighted by Crippen LogP contribution is 2.21. The van der Waals surface area contributed by atoms with Crippen molar-refractivity contribution < 1.29 is 0 Å². The Morgan fingerprint density at radius 1 is 1.21 bits per heavy atom. The fourth-order valence-corrected chi connectivity index (χ4v) is 3.47. The van der Waals surface area contributed by atoms with E-state index in [1.54, 1.807) is 11.3 Å². The second kappa shape index (κ2) is 8.09. The molecule has 0 bridgehead atoms. The molecular formula is C16H25ClN6S. The molecule has 2 aromatic heterocycles. The van der Waals surface area contributed by atoms with Crippen LogP contribution in [0.1, 0.15) is 36.2 Å². The Morgan fingerprint density at radius 3 is 2.50 bits per heavy atom. The van der Waals surface area contributed by atoms with Crippen LogP contribution in [0.5, 0.6) is 0 Å². The van der Waals surface area contributed by atoms with Gasteiger partial charge in [0.1, 0.15) is 11.6 Å². The van der Waals surface area contributed by atoms with Gasteiger partial charge in [0.05, 0.1) is 0 Å². The number of hydrogen-bond acceptors (Lipinski definition) is 7. The zero-order valence-electron chi connectivity index (χ0n) is 14.4. The summed E-state index contributed by atoms with van der Waals surface area (Å²) in [5, 5.41) is 0.649. The van der Waals surface area contributed by atoms with E-state index in [0.717, 1.165) is 50.1 Å². The molecule has 0 atom stereocenters. The average molecular weight is 369 g/mol. The number of nitrogens with two attached hydrogens (primary N) is 1.